The molecule has 1 N–H and O–H groups in total. The number of pyridine rings is 1. The first kappa shape index (κ1) is 21.5. The van der Waals surface area contributed by atoms with Gasteiger partial charge in [-0.2, -0.15) is 0 Å². The molecule has 30 heavy (non-hydrogen) atoms. The molecule has 0 saturated heterocycles. The monoisotopic (exact) mass is 429 g/mol. The summed E-state index contributed by atoms with van der Waals surface area (Å²) in [7, 11) is 1.64. The molecule has 0 radical (unpaired) electrons. The zero-order valence-corrected chi connectivity index (χ0v) is 17.5. The number of anilines is 1. The van der Waals surface area contributed by atoms with Crippen molar-refractivity contribution in [2.24, 2.45) is 0 Å². The molecule has 0 bridgehead atoms. The highest BCUT2D eigenvalue weighted by molar-refractivity contribution is 6.31. The summed E-state index contributed by atoms with van der Waals surface area (Å²) in [5.74, 6) is -1.05. The fourth-order valence-corrected chi connectivity index (χ4v) is 3.26. The highest BCUT2D eigenvalue weighted by Gasteiger charge is 2.22. The highest BCUT2D eigenvalue weighted by Crippen LogP contribution is 2.29. The average molecular weight is 430 g/mol. The molecule has 0 fully saturated rings. The van der Waals surface area contributed by atoms with Gasteiger partial charge in [0.2, 0.25) is 0 Å². The van der Waals surface area contributed by atoms with Crippen molar-refractivity contribution in [3.8, 4) is 0 Å². The van der Waals surface area contributed by atoms with E-state index >= 15 is 0 Å². The van der Waals surface area contributed by atoms with E-state index in [1.807, 2.05) is 25.1 Å². The van der Waals surface area contributed by atoms with Crippen LogP contribution >= 0.6 is 11.6 Å². The Labute approximate surface area is 178 Å². The van der Waals surface area contributed by atoms with Gasteiger partial charge in [-0.25, -0.2) is 19.0 Å². The second kappa shape index (κ2) is 9.09. The third-order valence-corrected chi connectivity index (χ3v) is 5.11. The van der Waals surface area contributed by atoms with Gasteiger partial charge in [0, 0.05) is 29.9 Å². The summed E-state index contributed by atoms with van der Waals surface area (Å²) < 4.78 is 18.4. The molecule has 3 rings (SSSR count). The van der Waals surface area contributed by atoms with E-state index in [0.29, 0.717) is 11.1 Å². The quantitative estimate of drug-likeness (QED) is 0.549. The Morgan fingerprint density at radius 2 is 1.93 bits per heavy atom. The molecule has 156 valence electrons. The molecule has 0 aliphatic heterocycles. The molecular formula is C22H21ClFN3O3. The predicted octanol–water partition coefficient (Wildman–Crippen LogP) is 5.43. The number of carbonyl (C=O) groups is 2. The van der Waals surface area contributed by atoms with E-state index in [1.165, 1.54) is 23.1 Å². The van der Waals surface area contributed by atoms with Gasteiger partial charge in [-0.3, -0.25) is 0 Å². The number of rotatable bonds is 5. The zero-order chi connectivity index (χ0) is 21.8. The number of benzene rings is 2. The molecule has 0 saturated carbocycles. The maximum absolute atomic E-state index is 13.3. The number of hydrogen-bond donors (Lipinski definition) is 1. The zero-order valence-electron chi connectivity index (χ0n) is 16.8. The van der Waals surface area contributed by atoms with Crippen molar-refractivity contribution in [1.82, 2.24) is 9.88 Å². The lowest BCUT2D eigenvalue weighted by Gasteiger charge is -2.26. The molecule has 6 nitrogen and oxygen atoms in total. The lowest BCUT2D eigenvalue weighted by atomic mass is 10.00. The number of esters is 1. The number of fused-ring (bicyclic) bond motifs is 1. The van der Waals surface area contributed by atoms with Crippen LogP contribution in [0.2, 0.25) is 5.02 Å². The first-order valence-electron chi connectivity index (χ1n) is 9.37. The van der Waals surface area contributed by atoms with E-state index in [1.54, 1.807) is 26.2 Å². The molecule has 8 heteroatoms. The maximum Gasteiger partial charge on any atom is 0.357 e. The van der Waals surface area contributed by atoms with Crippen LogP contribution in [-0.2, 0) is 4.74 Å². The van der Waals surface area contributed by atoms with E-state index in [9.17, 15) is 14.0 Å². The van der Waals surface area contributed by atoms with Gasteiger partial charge in [0.1, 0.15) is 5.82 Å². The number of nitrogens with zero attached hydrogens (tertiary/aromatic N) is 2. The maximum atomic E-state index is 13.3. The summed E-state index contributed by atoms with van der Waals surface area (Å²) in [6.45, 7) is 3.84. The minimum atomic E-state index is -0.560. The number of carbonyl (C=O) groups excluding carboxylic acids is 2. The summed E-state index contributed by atoms with van der Waals surface area (Å²) >= 11 is 5.78. The van der Waals surface area contributed by atoms with Crippen LogP contribution in [0.4, 0.5) is 14.9 Å². The van der Waals surface area contributed by atoms with Crippen LogP contribution in [0, 0.1) is 5.82 Å². The second-order valence-electron chi connectivity index (χ2n) is 6.67. The smallest absolute Gasteiger partial charge is 0.357 e. The third kappa shape index (κ3) is 4.36. The molecule has 1 aromatic heterocycles. The minimum Gasteiger partial charge on any atom is -0.461 e. The minimum absolute atomic E-state index is 0.0757. The molecule has 2 amide bonds. The Kier molecular flexibility index (Phi) is 6.52. The number of hydrogen-bond acceptors (Lipinski definition) is 4. The number of urea groups is 1. The largest absolute Gasteiger partial charge is 0.461 e. The summed E-state index contributed by atoms with van der Waals surface area (Å²) in [5.41, 5.74) is 1.39. The van der Waals surface area contributed by atoms with Crippen LogP contribution in [0.15, 0.2) is 48.7 Å². The number of nitrogens with one attached hydrogen (secondary N) is 1. The van der Waals surface area contributed by atoms with Gasteiger partial charge < -0.3 is 15.0 Å². The normalized spacial score (nSPS) is 11.8. The Hall–Kier alpha value is -3.19. The second-order valence-corrected chi connectivity index (χ2v) is 7.08. The molecular weight excluding hydrogens is 409 g/mol. The van der Waals surface area contributed by atoms with Crippen molar-refractivity contribution >= 4 is 40.1 Å². The number of amides is 2. The molecule has 0 unspecified atom stereocenters. The molecule has 0 aliphatic carbocycles. The summed E-state index contributed by atoms with van der Waals surface area (Å²) in [6, 6.07) is 10.5. The summed E-state index contributed by atoms with van der Waals surface area (Å²) in [4.78, 5) is 30.7. The van der Waals surface area contributed by atoms with Crippen LogP contribution < -0.4 is 5.32 Å². The van der Waals surface area contributed by atoms with Crippen molar-refractivity contribution < 1.29 is 18.7 Å². The Morgan fingerprint density at radius 3 is 2.60 bits per heavy atom. The van der Waals surface area contributed by atoms with Gasteiger partial charge in [0.25, 0.3) is 0 Å². The fourth-order valence-electron chi connectivity index (χ4n) is 3.08. The standard InChI is InChI=1S/C22H21ClFN3O3/c1-4-30-21(28)20-16-8-6-5-7-15(16)17(12-25-20)13(2)27(3)22(29)26-14-9-10-19(24)18(23)11-14/h5-13H,4H2,1-3H3,(H,26,29)/t13-/m0/s1. The first-order chi connectivity index (χ1) is 14.3. The van der Waals surface area contributed by atoms with E-state index < -0.39 is 17.8 Å². The molecule has 1 atom stereocenters. The molecule has 0 aliphatic rings. The predicted molar refractivity (Wildman–Crippen MR) is 114 cm³/mol. The van der Waals surface area contributed by atoms with Gasteiger partial charge in [0.15, 0.2) is 5.69 Å². The van der Waals surface area contributed by atoms with Crippen molar-refractivity contribution in [3.63, 3.8) is 0 Å². The number of ether oxygens (including phenoxy) is 1. The molecule has 3 aromatic rings. The van der Waals surface area contributed by atoms with Crippen molar-refractivity contribution in [2.45, 2.75) is 19.9 Å². The number of halogens is 2. The van der Waals surface area contributed by atoms with Crippen molar-refractivity contribution in [2.75, 3.05) is 19.0 Å². The van der Waals surface area contributed by atoms with Gasteiger partial charge in [-0.05, 0) is 37.4 Å². The van der Waals surface area contributed by atoms with E-state index in [4.69, 9.17) is 16.3 Å². The van der Waals surface area contributed by atoms with Crippen LogP contribution in [0.5, 0.6) is 0 Å². The fraction of sp³-hybridized carbons (Fsp3) is 0.227. The lowest BCUT2D eigenvalue weighted by Crippen LogP contribution is -2.33. The molecule has 0 spiro atoms. The SMILES string of the molecule is CCOC(=O)c1ncc([C@H](C)N(C)C(=O)Nc2ccc(F)c(Cl)c2)c2ccccc12. The first-order valence-corrected chi connectivity index (χ1v) is 9.74. The van der Waals surface area contributed by atoms with Crippen LogP contribution in [0.3, 0.4) is 0 Å². The van der Waals surface area contributed by atoms with Gasteiger partial charge >= 0.3 is 12.0 Å². The van der Waals surface area contributed by atoms with Gasteiger partial charge in [-0.15, -0.1) is 0 Å². The summed E-state index contributed by atoms with van der Waals surface area (Å²) in [5, 5.41) is 4.07. The van der Waals surface area contributed by atoms with E-state index in [2.05, 4.69) is 10.3 Å². The number of aromatic nitrogens is 1. The molecule has 1 heterocycles. The highest BCUT2D eigenvalue weighted by atomic mass is 35.5. The summed E-state index contributed by atoms with van der Waals surface area (Å²) in [6.07, 6.45) is 1.58. The van der Waals surface area contributed by atoms with Crippen LogP contribution in [0.25, 0.3) is 10.8 Å². The Balaban J connectivity index is 1.89. The van der Waals surface area contributed by atoms with Crippen molar-refractivity contribution in [3.05, 3.63) is 70.8 Å². The van der Waals surface area contributed by atoms with Gasteiger partial charge in [0.05, 0.1) is 17.7 Å². The Bertz CT molecular complexity index is 1110. The average Bonchev–Trinajstić information content (AvgIpc) is 2.74. The third-order valence-electron chi connectivity index (χ3n) is 4.82. The lowest BCUT2D eigenvalue weighted by molar-refractivity contribution is 0.0522. The molecule has 2 aromatic carbocycles. The van der Waals surface area contributed by atoms with E-state index in [-0.39, 0.29) is 23.4 Å². The van der Waals surface area contributed by atoms with E-state index in [0.717, 1.165) is 10.9 Å². The van der Waals surface area contributed by atoms with Crippen LogP contribution in [-0.4, -0.2) is 35.5 Å². The topological polar surface area (TPSA) is 71.5 Å². The Morgan fingerprint density at radius 1 is 1.23 bits per heavy atom. The van der Waals surface area contributed by atoms with Crippen LogP contribution in [0.1, 0.15) is 35.9 Å². The van der Waals surface area contributed by atoms with Gasteiger partial charge in [-0.1, -0.05) is 35.9 Å². The van der Waals surface area contributed by atoms with Crippen molar-refractivity contribution in [1.29, 1.82) is 0 Å².